The van der Waals surface area contributed by atoms with Gasteiger partial charge in [-0.25, -0.2) is 0 Å². The van der Waals surface area contributed by atoms with Gasteiger partial charge in [0.05, 0.1) is 0 Å². The summed E-state index contributed by atoms with van der Waals surface area (Å²) in [7, 11) is 0. The van der Waals surface area contributed by atoms with E-state index in [1.54, 1.807) is 6.92 Å². The zero-order chi connectivity index (χ0) is 11.7. The lowest BCUT2D eigenvalue weighted by atomic mass is 9.93. The fourth-order valence-electron chi connectivity index (χ4n) is 1.94. The number of nitrogens with zero attached hydrogens (tertiary/aromatic N) is 1. The summed E-state index contributed by atoms with van der Waals surface area (Å²) in [5.41, 5.74) is 0. The van der Waals surface area contributed by atoms with E-state index in [1.165, 1.54) is 19.4 Å². The minimum atomic E-state index is 0.359. The number of rotatable bonds is 4. The van der Waals surface area contributed by atoms with E-state index in [0.717, 1.165) is 25.9 Å². The Labute approximate surface area is 95.0 Å². The predicted molar refractivity (Wildman–Crippen MR) is 66.1 cm³/mol. The molecule has 1 saturated heterocycles. The lowest BCUT2D eigenvalue weighted by Crippen LogP contribution is -2.36. The van der Waals surface area contributed by atoms with E-state index >= 15 is 0 Å². The van der Waals surface area contributed by atoms with E-state index in [-0.39, 0.29) is 0 Å². The van der Waals surface area contributed by atoms with Gasteiger partial charge in [0.2, 0.25) is 0 Å². The Bertz CT molecular complexity index is 160. The Kier molecular flexibility index (Phi) is 8.68. The molecule has 0 unspecified atom stereocenters. The second-order valence-corrected chi connectivity index (χ2v) is 4.08. The first-order chi connectivity index (χ1) is 7.24. The van der Waals surface area contributed by atoms with Gasteiger partial charge in [-0.3, -0.25) is 4.79 Å². The van der Waals surface area contributed by atoms with Crippen molar-refractivity contribution in [3.8, 4) is 0 Å². The number of carbonyl (C=O) groups is 1. The smallest absolute Gasteiger partial charge is 0.133 e. The highest BCUT2D eigenvalue weighted by Gasteiger charge is 2.21. The molecule has 0 aliphatic carbocycles. The SMILES string of the molecule is CC.CCCCN1CCC(C(C)=O)CC1. The van der Waals surface area contributed by atoms with Gasteiger partial charge in [0.25, 0.3) is 0 Å². The maximum Gasteiger partial charge on any atom is 0.133 e. The van der Waals surface area contributed by atoms with Gasteiger partial charge in [-0.2, -0.15) is 0 Å². The van der Waals surface area contributed by atoms with E-state index in [9.17, 15) is 4.79 Å². The molecule has 2 heteroatoms. The Balaban J connectivity index is 0.000000921. The van der Waals surface area contributed by atoms with Crippen molar-refractivity contribution in [1.29, 1.82) is 0 Å². The van der Waals surface area contributed by atoms with Gasteiger partial charge in [-0.05, 0) is 45.8 Å². The number of piperidine rings is 1. The van der Waals surface area contributed by atoms with E-state index in [4.69, 9.17) is 0 Å². The van der Waals surface area contributed by atoms with Crippen LogP contribution in [0.2, 0.25) is 0 Å². The summed E-state index contributed by atoms with van der Waals surface area (Å²) in [6.45, 7) is 11.4. The summed E-state index contributed by atoms with van der Waals surface area (Å²) in [6.07, 6.45) is 4.73. The van der Waals surface area contributed by atoms with Crippen LogP contribution >= 0.6 is 0 Å². The van der Waals surface area contributed by atoms with Crippen LogP contribution < -0.4 is 0 Å². The molecular weight excluding hydrogens is 186 g/mol. The maximum atomic E-state index is 11.1. The van der Waals surface area contributed by atoms with Crippen molar-refractivity contribution in [1.82, 2.24) is 4.90 Å². The molecule has 0 saturated carbocycles. The van der Waals surface area contributed by atoms with Crippen LogP contribution in [0.15, 0.2) is 0 Å². The van der Waals surface area contributed by atoms with E-state index < -0.39 is 0 Å². The van der Waals surface area contributed by atoms with Crippen LogP contribution in [0.5, 0.6) is 0 Å². The van der Waals surface area contributed by atoms with Gasteiger partial charge in [-0.1, -0.05) is 27.2 Å². The van der Waals surface area contributed by atoms with E-state index in [0.29, 0.717) is 11.7 Å². The molecule has 0 atom stereocenters. The third-order valence-electron chi connectivity index (χ3n) is 2.99. The molecule has 0 aromatic rings. The molecule has 0 spiro atoms. The average Bonchev–Trinajstić information content (AvgIpc) is 2.29. The summed E-state index contributed by atoms with van der Waals surface area (Å²) in [5, 5.41) is 0. The zero-order valence-electron chi connectivity index (χ0n) is 10.9. The fraction of sp³-hybridized carbons (Fsp3) is 0.923. The number of hydrogen-bond acceptors (Lipinski definition) is 2. The molecule has 2 nitrogen and oxygen atoms in total. The molecule has 0 radical (unpaired) electrons. The fourth-order valence-corrected chi connectivity index (χ4v) is 1.94. The quantitative estimate of drug-likeness (QED) is 0.715. The summed E-state index contributed by atoms with van der Waals surface area (Å²) in [5.74, 6) is 0.744. The maximum absolute atomic E-state index is 11.1. The number of ketones is 1. The van der Waals surface area contributed by atoms with E-state index in [2.05, 4.69) is 11.8 Å². The molecule has 0 bridgehead atoms. The Morgan fingerprint density at radius 1 is 1.27 bits per heavy atom. The van der Waals surface area contributed by atoms with Crippen molar-refractivity contribution in [2.75, 3.05) is 19.6 Å². The molecule has 90 valence electrons. The van der Waals surface area contributed by atoms with Gasteiger partial charge in [0, 0.05) is 5.92 Å². The molecular formula is C13H27NO. The number of likely N-dealkylation sites (tertiary alicyclic amines) is 1. The second kappa shape index (κ2) is 8.90. The Morgan fingerprint density at radius 2 is 1.80 bits per heavy atom. The first-order valence-electron chi connectivity index (χ1n) is 6.47. The van der Waals surface area contributed by atoms with Gasteiger partial charge < -0.3 is 4.90 Å². The molecule has 0 N–H and O–H groups in total. The molecule has 1 rings (SSSR count). The first kappa shape index (κ1) is 14.6. The summed E-state index contributed by atoms with van der Waals surface area (Å²) in [6, 6.07) is 0. The highest BCUT2D eigenvalue weighted by Crippen LogP contribution is 2.17. The monoisotopic (exact) mass is 213 g/mol. The summed E-state index contributed by atoms with van der Waals surface area (Å²) < 4.78 is 0. The normalized spacial score (nSPS) is 18.1. The minimum Gasteiger partial charge on any atom is -0.303 e. The number of Topliss-reactive ketones (excluding diaryl/α,β-unsaturated/α-hetero) is 1. The van der Waals surface area contributed by atoms with Crippen LogP contribution in [0.1, 0.15) is 53.4 Å². The standard InChI is InChI=1S/C11H21NO.C2H6/c1-3-4-7-12-8-5-11(6-9-12)10(2)13;1-2/h11H,3-9H2,1-2H3;1-2H3. The van der Waals surface area contributed by atoms with Crippen LogP contribution in [-0.2, 0) is 4.79 Å². The largest absolute Gasteiger partial charge is 0.303 e. The minimum absolute atomic E-state index is 0.359. The lowest BCUT2D eigenvalue weighted by Gasteiger charge is -2.30. The molecule has 1 fully saturated rings. The molecule has 15 heavy (non-hydrogen) atoms. The van der Waals surface area contributed by atoms with Crippen molar-refractivity contribution < 1.29 is 4.79 Å². The third-order valence-corrected chi connectivity index (χ3v) is 2.99. The van der Waals surface area contributed by atoms with Crippen molar-refractivity contribution in [3.05, 3.63) is 0 Å². The van der Waals surface area contributed by atoms with Crippen LogP contribution in [0.25, 0.3) is 0 Å². The predicted octanol–water partition coefficient (Wildman–Crippen LogP) is 3.11. The highest BCUT2D eigenvalue weighted by atomic mass is 16.1. The third kappa shape index (κ3) is 5.93. The van der Waals surface area contributed by atoms with Crippen LogP contribution in [0.3, 0.4) is 0 Å². The van der Waals surface area contributed by atoms with Gasteiger partial charge in [0.1, 0.15) is 5.78 Å². The highest BCUT2D eigenvalue weighted by molar-refractivity contribution is 5.78. The number of hydrogen-bond donors (Lipinski definition) is 0. The zero-order valence-corrected chi connectivity index (χ0v) is 10.9. The Hall–Kier alpha value is -0.370. The molecule has 0 aromatic heterocycles. The van der Waals surface area contributed by atoms with Crippen LogP contribution in [0.4, 0.5) is 0 Å². The van der Waals surface area contributed by atoms with Crippen molar-refractivity contribution >= 4 is 5.78 Å². The number of carbonyl (C=O) groups excluding carboxylic acids is 1. The molecule has 1 heterocycles. The van der Waals surface area contributed by atoms with Crippen LogP contribution in [0, 0.1) is 5.92 Å². The van der Waals surface area contributed by atoms with Crippen LogP contribution in [-0.4, -0.2) is 30.3 Å². The summed E-state index contributed by atoms with van der Waals surface area (Å²) >= 11 is 0. The summed E-state index contributed by atoms with van der Waals surface area (Å²) in [4.78, 5) is 13.6. The lowest BCUT2D eigenvalue weighted by molar-refractivity contribution is -0.122. The Morgan fingerprint density at radius 3 is 2.20 bits per heavy atom. The van der Waals surface area contributed by atoms with Crippen molar-refractivity contribution in [2.45, 2.75) is 53.4 Å². The second-order valence-electron chi connectivity index (χ2n) is 4.08. The van der Waals surface area contributed by atoms with Crippen molar-refractivity contribution in [3.63, 3.8) is 0 Å². The molecule has 1 aliphatic rings. The first-order valence-corrected chi connectivity index (χ1v) is 6.47. The van der Waals surface area contributed by atoms with Crippen molar-refractivity contribution in [2.24, 2.45) is 5.92 Å². The molecule has 0 amide bonds. The molecule has 1 aliphatic heterocycles. The average molecular weight is 213 g/mol. The topological polar surface area (TPSA) is 20.3 Å². The number of unbranched alkanes of at least 4 members (excludes halogenated alkanes) is 1. The molecule has 0 aromatic carbocycles. The van der Waals surface area contributed by atoms with Gasteiger partial charge in [-0.15, -0.1) is 0 Å². The van der Waals surface area contributed by atoms with E-state index in [1.807, 2.05) is 13.8 Å². The van der Waals surface area contributed by atoms with Gasteiger partial charge >= 0.3 is 0 Å². The van der Waals surface area contributed by atoms with Gasteiger partial charge in [0.15, 0.2) is 0 Å².